The van der Waals surface area contributed by atoms with Gasteiger partial charge in [0.2, 0.25) is 0 Å². The van der Waals surface area contributed by atoms with Gasteiger partial charge in [-0.3, -0.25) is 4.90 Å². The van der Waals surface area contributed by atoms with Gasteiger partial charge in [-0.15, -0.1) is 0 Å². The van der Waals surface area contributed by atoms with Gasteiger partial charge in [0.1, 0.15) is 12.3 Å². The second-order valence-electron chi connectivity index (χ2n) is 11.0. The van der Waals surface area contributed by atoms with E-state index in [9.17, 15) is 4.79 Å². The molecule has 0 aromatic heterocycles. The first kappa shape index (κ1) is 25.4. The van der Waals surface area contributed by atoms with Gasteiger partial charge in [0.05, 0.1) is 32.8 Å². The number of quaternary nitrogens is 1. The maximum atomic E-state index is 13.6. The molecule has 0 unspecified atom stereocenters. The summed E-state index contributed by atoms with van der Waals surface area (Å²) in [6.07, 6.45) is 2.93. The summed E-state index contributed by atoms with van der Waals surface area (Å²) in [7, 11) is 0. The zero-order valence-electron chi connectivity index (χ0n) is 22.5. The number of piperidine rings is 3. The molecule has 1 amide bonds. The molecule has 5 nitrogen and oxygen atoms in total. The number of ether oxygens (including phenoxy) is 2. The third-order valence-corrected chi connectivity index (χ3v) is 8.55. The third-order valence-electron chi connectivity index (χ3n) is 8.55. The van der Waals surface area contributed by atoms with Crippen LogP contribution in [0, 0.1) is 5.92 Å². The zero-order chi connectivity index (χ0) is 26.5. The average molecular weight is 522 g/mol. The van der Waals surface area contributed by atoms with Crippen LogP contribution >= 0.6 is 0 Å². The van der Waals surface area contributed by atoms with Gasteiger partial charge >= 0.3 is 6.09 Å². The van der Waals surface area contributed by atoms with Crippen molar-refractivity contribution in [3.8, 4) is 5.75 Å². The molecular weight excluding hydrogens is 484 g/mol. The maximum absolute atomic E-state index is 13.6. The Labute approximate surface area is 231 Å². The molecule has 5 heteroatoms. The summed E-state index contributed by atoms with van der Waals surface area (Å²) in [6.45, 7) is 5.47. The molecule has 1 atom stereocenters. The molecule has 0 spiro atoms. The number of hydrogen-bond donors (Lipinski definition) is 0. The van der Waals surface area contributed by atoms with Crippen LogP contribution in [0.3, 0.4) is 0 Å². The number of hydrogen-bond acceptors (Lipinski definition) is 3. The highest BCUT2D eigenvalue weighted by Crippen LogP contribution is 2.36. The predicted octanol–water partition coefficient (Wildman–Crippen LogP) is 7.06. The fourth-order valence-corrected chi connectivity index (χ4v) is 6.40. The third kappa shape index (κ3) is 5.79. The van der Waals surface area contributed by atoms with Gasteiger partial charge in [-0.1, -0.05) is 84.9 Å². The highest BCUT2D eigenvalue weighted by molar-refractivity contribution is 5.88. The van der Waals surface area contributed by atoms with Crippen LogP contribution < -0.4 is 9.64 Å². The van der Waals surface area contributed by atoms with E-state index in [2.05, 4.69) is 54.6 Å². The normalized spacial score (nSPS) is 21.9. The minimum atomic E-state index is -0.249. The second kappa shape index (κ2) is 11.5. The van der Waals surface area contributed by atoms with Crippen molar-refractivity contribution in [1.29, 1.82) is 0 Å². The number of carbonyl (C=O) groups excluding carboxylic acids is 1. The van der Waals surface area contributed by atoms with Crippen LogP contribution in [0.2, 0.25) is 0 Å². The Morgan fingerprint density at radius 3 is 2.31 bits per heavy atom. The number of carbonyl (C=O) groups is 1. The highest BCUT2D eigenvalue weighted by atomic mass is 16.6. The Morgan fingerprint density at radius 2 is 1.51 bits per heavy atom. The number of para-hydroxylation sites is 1. The molecule has 4 aromatic rings. The monoisotopic (exact) mass is 521 g/mol. The van der Waals surface area contributed by atoms with Crippen molar-refractivity contribution < 1.29 is 18.8 Å². The van der Waals surface area contributed by atoms with Gasteiger partial charge in [-0.2, -0.15) is 0 Å². The molecule has 0 saturated carbocycles. The minimum Gasteiger partial charge on any atom is -0.493 e. The number of amides is 1. The van der Waals surface area contributed by atoms with Crippen LogP contribution in [0.15, 0.2) is 103 Å². The number of fused-ring (bicyclic) bond motifs is 4. The molecular formula is C34H37N2O3+. The molecule has 3 saturated heterocycles. The second-order valence-corrected chi connectivity index (χ2v) is 11.0. The summed E-state index contributed by atoms with van der Waals surface area (Å²) in [4.78, 5) is 15.4. The molecule has 3 aliphatic rings. The molecule has 200 valence electrons. The quantitative estimate of drug-likeness (QED) is 0.175. The fraction of sp³-hybridized carbons (Fsp3) is 0.324. The lowest BCUT2D eigenvalue weighted by molar-refractivity contribution is -0.946. The Morgan fingerprint density at radius 1 is 0.821 bits per heavy atom. The first-order chi connectivity index (χ1) is 19.2. The lowest BCUT2D eigenvalue weighted by Crippen LogP contribution is -2.65. The van der Waals surface area contributed by atoms with Crippen LogP contribution in [-0.2, 0) is 11.3 Å². The SMILES string of the molecule is O=C(O[C@H]1C[N+]2(CCCOc3cccc4ccccc34)CCC1CC2)N(Cc1ccccc1)c1ccccc1. The molecule has 7 rings (SSSR count). The van der Waals surface area contributed by atoms with Crippen LogP contribution in [0.4, 0.5) is 10.5 Å². The van der Waals surface area contributed by atoms with E-state index in [1.54, 1.807) is 4.90 Å². The van der Waals surface area contributed by atoms with Crippen LogP contribution in [0.25, 0.3) is 10.8 Å². The van der Waals surface area contributed by atoms with E-state index in [4.69, 9.17) is 9.47 Å². The summed E-state index contributed by atoms with van der Waals surface area (Å²) >= 11 is 0. The van der Waals surface area contributed by atoms with Gasteiger partial charge in [0, 0.05) is 36.3 Å². The molecule has 3 aliphatic heterocycles. The molecule has 4 aromatic carbocycles. The summed E-state index contributed by atoms with van der Waals surface area (Å²) in [5.41, 5.74) is 1.95. The van der Waals surface area contributed by atoms with Crippen molar-refractivity contribution in [2.45, 2.75) is 31.9 Å². The molecule has 2 bridgehead atoms. The summed E-state index contributed by atoms with van der Waals surface area (Å²) < 4.78 is 13.6. The summed E-state index contributed by atoms with van der Waals surface area (Å²) in [6, 6.07) is 34.6. The number of anilines is 1. The Balaban J connectivity index is 1.08. The standard InChI is InChI=1S/C34H37N2O3/c37-34(35(30-15-5-2-6-16-30)25-27-11-3-1-4-12-27)39-33-26-36(22-19-29(33)20-23-36)21-10-24-38-32-18-9-14-28-13-7-8-17-31(28)32/h1-9,11-18,29,33H,10,19-26H2/q+1/t29?,33-,36?/m0/s1. The number of rotatable bonds is 9. The van der Waals surface area contributed by atoms with Gasteiger partial charge in [0.15, 0.2) is 6.10 Å². The van der Waals surface area contributed by atoms with Crippen LogP contribution in [0.5, 0.6) is 5.75 Å². The van der Waals surface area contributed by atoms with Gasteiger partial charge in [-0.25, -0.2) is 4.79 Å². The smallest absolute Gasteiger partial charge is 0.415 e. The Hall–Kier alpha value is -3.83. The van der Waals surface area contributed by atoms with Crippen molar-refractivity contribution in [2.24, 2.45) is 5.92 Å². The number of nitrogens with zero attached hydrogens (tertiary/aromatic N) is 2. The largest absolute Gasteiger partial charge is 0.493 e. The Kier molecular flexibility index (Phi) is 7.51. The molecule has 3 fully saturated rings. The van der Waals surface area contributed by atoms with E-state index in [1.165, 1.54) is 18.5 Å². The first-order valence-electron chi connectivity index (χ1n) is 14.2. The van der Waals surface area contributed by atoms with E-state index >= 15 is 0 Å². The van der Waals surface area contributed by atoms with E-state index in [0.717, 1.165) is 59.2 Å². The van der Waals surface area contributed by atoms with Crippen molar-refractivity contribution >= 4 is 22.6 Å². The maximum Gasteiger partial charge on any atom is 0.415 e. The summed E-state index contributed by atoms with van der Waals surface area (Å²) in [5.74, 6) is 1.41. The topological polar surface area (TPSA) is 38.8 Å². The lowest BCUT2D eigenvalue weighted by Gasteiger charge is -2.52. The average Bonchev–Trinajstić information content (AvgIpc) is 3.00. The molecule has 0 radical (unpaired) electrons. The first-order valence-corrected chi connectivity index (χ1v) is 14.2. The predicted molar refractivity (Wildman–Crippen MR) is 156 cm³/mol. The molecule has 39 heavy (non-hydrogen) atoms. The highest BCUT2D eigenvalue weighted by Gasteiger charge is 2.47. The van der Waals surface area contributed by atoms with Crippen LogP contribution in [0.1, 0.15) is 24.8 Å². The summed E-state index contributed by atoms with van der Waals surface area (Å²) in [5, 5.41) is 2.37. The molecule has 3 heterocycles. The lowest BCUT2D eigenvalue weighted by atomic mass is 9.83. The van der Waals surface area contributed by atoms with Gasteiger partial charge < -0.3 is 14.0 Å². The van der Waals surface area contributed by atoms with Gasteiger partial charge in [0.25, 0.3) is 0 Å². The van der Waals surface area contributed by atoms with Crippen molar-refractivity contribution in [3.05, 3.63) is 109 Å². The van der Waals surface area contributed by atoms with Crippen molar-refractivity contribution in [2.75, 3.05) is 37.7 Å². The zero-order valence-corrected chi connectivity index (χ0v) is 22.5. The van der Waals surface area contributed by atoms with E-state index in [1.807, 2.05) is 48.5 Å². The van der Waals surface area contributed by atoms with Crippen molar-refractivity contribution in [1.82, 2.24) is 0 Å². The molecule has 0 N–H and O–H groups in total. The van der Waals surface area contributed by atoms with Crippen molar-refractivity contribution in [3.63, 3.8) is 0 Å². The van der Waals surface area contributed by atoms with E-state index in [-0.39, 0.29) is 12.2 Å². The van der Waals surface area contributed by atoms with E-state index < -0.39 is 0 Å². The number of benzene rings is 4. The van der Waals surface area contributed by atoms with Crippen LogP contribution in [-0.4, -0.2) is 49.5 Å². The van der Waals surface area contributed by atoms with Gasteiger partial charge in [-0.05, 0) is 29.1 Å². The van der Waals surface area contributed by atoms with E-state index in [0.29, 0.717) is 19.1 Å². The Bertz CT molecular complexity index is 1380. The minimum absolute atomic E-state index is 0.0408. The molecule has 0 aliphatic carbocycles. The fourth-order valence-electron chi connectivity index (χ4n) is 6.40.